The Balaban J connectivity index is 2.24. The Morgan fingerprint density at radius 2 is 2.06 bits per heavy atom. The molecule has 1 heterocycles. The van der Waals surface area contributed by atoms with Crippen LogP contribution in [0.15, 0.2) is 28.8 Å². The highest BCUT2D eigenvalue weighted by Crippen LogP contribution is 2.31. The van der Waals surface area contributed by atoms with E-state index in [1.807, 2.05) is 12.1 Å². The molecule has 6 nitrogen and oxygen atoms in total. The van der Waals surface area contributed by atoms with E-state index in [1.54, 1.807) is 12.1 Å². The van der Waals surface area contributed by atoms with Gasteiger partial charge in [-0.3, -0.25) is 0 Å². The third kappa shape index (κ3) is 2.58. The van der Waals surface area contributed by atoms with Gasteiger partial charge in [0.1, 0.15) is 6.10 Å². The molecule has 1 aliphatic rings. The van der Waals surface area contributed by atoms with Gasteiger partial charge in [0.05, 0.1) is 11.9 Å². The van der Waals surface area contributed by atoms with Gasteiger partial charge >= 0.3 is 0 Å². The number of rotatable bonds is 4. The second-order valence-corrected chi connectivity index (χ2v) is 5.72. The standard InChI is InChI=1S/C10H11N3O3S/c1-7(17(14,15)13-12-11)8-2-4-9(5-3-8)10-6-16-10/h2-5,7,10H,6H2,1H3. The molecule has 0 aliphatic carbocycles. The number of azide groups is 1. The van der Waals surface area contributed by atoms with Crippen LogP contribution in [0.4, 0.5) is 0 Å². The molecule has 1 fully saturated rings. The smallest absolute Gasteiger partial charge is 0.242 e. The molecule has 2 unspecified atom stereocenters. The summed E-state index contributed by atoms with van der Waals surface area (Å²) in [6.45, 7) is 2.21. The Labute approximate surface area is 98.9 Å². The Morgan fingerprint density at radius 1 is 1.47 bits per heavy atom. The summed E-state index contributed by atoms with van der Waals surface area (Å²) in [5.74, 6) is 0. The molecule has 1 aromatic rings. The Morgan fingerprint density at radius 3 is 2.53 bits per heavy atom. The number of benzene rings is 1. The zero-order valence-corrected chi connectivity index (χ0v) is 9.96. The fraction of sp³-hybridized carbons (Fsp3) is 0.400. The van der Waals surface area contributed by atoms with E-state index < -0.39 is 15.3 Å². The minimum atomic E-state index is -3.80. The van der Waals surface area contributed by atoms with Crippen LogP contribution in [0, 0.1) is 0 Å². The van der Waals surface area contributed by atoms with E-state index in [-0.39, 0.29) is 6.10 Å². The first-order valence-corrected chi connectivity index (χ1v) is 6.56. The summed E-state index contributed by atoms with van der Waals surface area (Å²) in [5.41, 5.74) is 9.81. The number of ether oxygens (including phenoxy) is 1. The van der Waals surface area contributed by atoms with Crippen molar-refractivity contribution in [2.24, 2.45) is 4.52 Å². The summed E-state index contributed by atoms with van der Waals surface area (Å²) in [6, 6.07) is 7.09. The van der Waals surface area contributed by atoms with Crippen LogP contribution in [0.2, 0.25) is 0 Å². The topological polar surface area (TPSA) is 95.4 Å². The molecule has 1 aliphatic heterocycles. The first kappa shape index (κ1) is 11.9. The molecule has 1 saturated heterocycles. The lowest BCUT2D eigenvalue weighted by atomic mass is 10.1. The van der Waals surface area contributed by atoms with Gasteiger partial charge in [0.15, 0.2) is 0 Å². The molecule has 0 bridgehead atoms. The molecule has 0 aromatic heterocycles. The lowest BCUT2D eigenvalue weighted by molar-refractivity contribution is 0.415. The highest BCUT2D eigenvalue weighted by molar-refractivity contribution is 7.90. The van der Waals surface area contributed by atoms with Gasteiger partial charge in [-0.05, 0) is 23.6 Å². The van der Waals surface area contributed by atoms with E-state index in [9.17, 15) is 8.42 Å². The predicted molar refractivity (Wildman–Crippen MR) is 61.6 cm³/mol. The van der Waals surface area contributed by atoms with Crippen molar-refractivity contribution in [3.63, 3.8) is 0 Å². The maximum Gasteiger partial charge on any atom is 0.242 e. The second-order valence-electron chi connectivity index (χ2n) is 3.82. The van der Waals surface area contributed by atoms with Crippen LogP contribution in [0.25, 0.3) is 10.4 Å². The monoisotopic (exact) mass is 253 g/mol. The van der Waals surface area contributed by atoms with Crippen LogP contribution in [-0.4, -0.2) is 15.0 Å². The van der Waals surface area contributed by atoms with Crippen molar-refractivity contribution < 1.29 is 13.2 Å². The molecule has 0 saturated carbocycles. The fourth-order valence-corrected chi connectivity index (χ4v) is 2.26. The zero-order chi connectivity index (χ0) is 12.5. The molecule has 0 radical (unpaired) electrons. The lowest BCUT2D eigenvalue weighted by Gasteiger charge is -2.09. The largest absolute Gasteiger partial charge is 0.368 e. The van der Waals surface area contributed by atoms with Crippen LogP contribution in [-0.2, 0) is 14.8 Å². The summed E-state index contributed by atoms with van der Waals surface area (Å²) in [5, 5.41) is -0.840. The summed E-state index contributed by atoms with van der Waals surface area (Å²) in [4.78, 5) is 2.33. The third-order valence-corrected chi connectivity index (χ3v) is 4.17. The molecule has 0 N–H and O–H groups in total. The molecule has 90 valence electrons. The van der Waals surface area contributed by atoms with E-state index in [0.717, 1.165) is 5.56 Å². The number of nitrogens with zero attached hydrogens (tertiary/aromatic N) is 3. The normalized spacial score (nSPS) is 20.4. The van der Waals surface area contributed by atoms with Crippen molar-refractivity contribution in [3.8, 4) is 0 Å². The van der Waals surface area contributed by atoms with Crippen molar-refractivity contribution >= 4 is 10.0 Å². The molecule has 1 aromatic carbocycles. The summed E-state index contributed by atoms with van der Waals surface area (Å²) < 4.78 is 31.0. The van der Waals surface area contributed by atoms with E-state index >= 15 is 0 Å². The van der Waals surface area contributed by atoms with Gasteiger partial charge in [-0.25, -0.2) is 8.42 Å². The highest BCUT2D eigenvalue weighted by atomic mass is 32.2. The van der Waals surface area contributed by atoms with Crippen molar-refractivity contribution in [1.29, 1.82) is 0 Å². The molecular formula is C10H11N3O3S. The fourth-order valence-electron chi connectivity index (χ4n) is 1.52. The minimum absolute atomic E-state index is 0.146. The van der Waals surface area contributed by atoms with Crippen LogP contribution in [0.1, 0.15) is 29.4 Å². The molecule has 0 spiro atoms. The Hall–Kier alpha value is -1.56. The SMILES string of the molecule is CC(c1ccc(C2CO2)cc1)S(=O)(=O)N=[N+]=[N-]. The quantitative estimate of drug-likeness (QED) is 0.357. The zero-order valence-electron chi connectivity index (χ0n) is 9.15. The van der Waals surface area contributed by atoms with Crippen molar-refractivity contribution in [3.05, 3.63) is 45.8 Å². The van der Waals surface area contributed by atoms with Gasteiger partial charge in [-0.2, -0.15) is 0 Å². The molecule has 2 atom stereocenters. The van der Waals surface area contributed by atoms with E-state index in [1.165, 1.54) is 6.92 Å². The Bertz CT molecular complexity index is 557. The number of sulfonamides is 1. The van der Waals surface area contributed by atoms with Crippen molar-refractivity contribution in [1.82, 2.24) is 0 Å². The molecule has 17 heavy (non-hydrogen) atoms. The third-order valence-electron chi connectivity index (χ3n) is 2.71. The van der Waals surface area contributed by atoms with Gasteiger partial charge in [0.25, 0.3) is 0 Å². The lowest BCUT2D eigenvalue weighted by Crippen LogP contribution is -2.06. The predicted octanol–water partition coefficient (Wildman–Crippen LogP) is 2.46. The first-order valence-electron chi connectivity index (χ1n) is 5.06. The molecular weight excluding hydrogens is 242 g/mol. The summed E-state index contributed by atoms with van der Waals surface area (Å²) in [7, 11) is -3.80. The summed E-state index contributed by atoms with van der Waals surface area (Å²) >= 11 is 0. The first-order chi connectivity index (χ1) is 8.04. The molecule has 2 rings (SSSR count). The van der Waals surface area contributed by atoms with E-state index in [0.29, 0.717) is 12.2 Å². The van der Waals surface area contributed by atoms with Crippen LogP contribution < -0.4 is 0 Å². The highest BCUT2D eigenvalue weighted by Gasteiger charge is 2.26. The minimum Gasteiger partial charge on any atom is -0.368 e. The van der Waals surface area contributed by atoms with Gasteiger partial charge in [0, 0.05) is 9.43 Å². The van der Waals surface area contributed by atoms with E-state index in [4.69, 9.17) is 10.3 Å². The van der Waals surface area contributed by atoms with Gasteiger partial charge in [-0.1, -0.05) is 24.3 Å². The van der Waals surface area contributed by atoms with Gasteiger partial charge in [-0.15, -0.1) is 0 Å². The van der Waals surface area contributed by atoms with Crippen molar-refractivity contribution in [2.45, 2.75) is 18.3 Å². The average molecular weight is 253 g/mol. The maximum atomic E-state index is 11.5. The molecule has 7 heteroatoms. The number of hydrogen-bond acceptors (Lipinski definition) is 3. The number of epoxide rings is 1. The summed E-state index contributed by atoms with van der Waals surface area (Å²) in [6.07, 6.45) is 0.146. The van der Waals surface area contributed by atoms with Gasteiger partial charge in [0.2, 0.25) is 10.0 Å². The van der Waals surface area contributed by atoms with Crippen LogP contribution >= 0.6 is 0 Å². The van der Waals surface area contributed by atoms with E-state index in [2.05, 4.69) is 9.43 Å². The van der Waals surface area contributed by atoms with Crippen LogP contribution in [0.5, 0.6) is 0 Å². The van der Waals surface area contributed by atoms with Crippen molar-refractivity contribution in [2.75, 3.05) is 6.61 Å². The Kier molecular flexibility index (Phi) is 3.06. The molecule has 0 amide bonds. The number of hydrogen-bond donors (Lipinski definition) is 0. The van der Waals surface area contributed by atoms with Gasteiger partial charge < -0.3 is 4.74 Å². The second kappa shape index (κ2) is 4.37. The van der Waals surface area contributed by atoms with Crippen LogP contribution in [0.3, 0.4) is 0 Å². The maximum absolute atomic E-state index is 11.5. The average Bonchev–Trinajstić information content (AvgIpc) is 3.12.